The van der Waals surface area contributed by atoms with Gasteiger partial charge >= 0.3 is 5.97 Å². The van der Waals surface area contributed by atoms with E-state index in [1.54, 1.807) is 49.4 Å². The predicted octanol–water partition coefficient (Wildman–Crippen LogP) is 3.65. The number of nitro benzene ring substituents is 1. The fourth-order valence-corrected chi connectivity index (χ4v) is 2.46. The molecule has 0 radical (unpaired) electrons. The molecule has 0 unspecified atom stereocenters. The molecular formula is C19H16N2O5. The fraction of sp³-hybridized carbons (Fsp3) is 0.158. The van der Waals surface area contributed by atoms with Crippen LogP contribution >= 0.6 is 0 Å². The van der Waals surface area contributed by atoms with Crippen molar-refractivity contribution in [3.05, 3.63) is 75.0 Å². The first-order valence-corrected chi connectivity index (χ1v) is 7.98. The molecule has 1 aliphatic rings. The quantitative estimate of drug-likeness (QED) is 0.354. The fourth-order valence-electron chi connectivity index (χ4n) is 2.46. The molecule has 0 N–H and O–H groups in total. The second kappa shape index (κ2) is 7.18. The number of benzene rings is 2. The highest BCUT2D eigenvalue weighted by molar-refractivity contribution is 6.13. The number of rotatable bonds is 5. The summed E-state index contributed by atoms with van der Waals surface area (Å²) in [6.07, 6.45) is 1.59. The van der Waals surface area contributed by atoms with E-state index in [9.17, 15) is 14.9 Å². The first-order chi connectivity index (χ1) is 12.5. The van der Waals surface area contributed by atoms with E-state index in [1.807, 2.05) is 6.92 Å². The Bertz CT molecular complexity index is 929. The Morgan fingerprint density at radius 3 is 2.62 bits per heavy atom. The smallest absolute Gasteiger partial charge is 0.363 e. The molecule has 0 atom stereocenters. The summed E-state index contributed by atoms with van der Waals surface area (Å²) < 4.78 is 10.5. The average Bonchev–Trinajstić information content (AvgIpc) is 2.97. The van der Waals surface area contributed by atoms with Crippen LogP contribution in [0.2, 0.25) is 0 Å². The van der Waals surface area contributed by atoms with Gasteiger partial charge in [0.1, 0.15) is 5.75 Å². The lowest BCUT2D eigenvalue weighted by Crippen LogP contribution is -2.06. The molecule has 0 saturated carbocycles. The summed E-state index contributed by atoms with van der Waals surface area (Å²) in [5.74, 6) is 0.187. The Labute approximate surface area is 149 Å². The van der Waals surface area contributed by atoms with Crippen LogP contribution in [0.1, 0.15) is 23.6 Å². The molecule has 2 aromatic rings. The van der Waals surface area contributed by atoms with Crippen LogP contribution in [0.3, 0.4) is 0 Å². The van der Waals surface area contributed by atoms with E-state index < -0.39 is 10.9 Å². The van der Waals surface area contributed by atoms with Crippen molar-refractivity contribution in [2.75, 3.05) is 6.61 Å². The summed E-state index contributed by atoms with van der Waals surface area (Å²) >= 11 is 0. The summed E-state index contributed by atoms with van der Waals surface area (Å²) in [4.78, 5) is 26.8. The number of carbonyl (C=O) groups is 1. The van der Waals surface area contributed by atoms with Gasteiger partial charge in [-0.25, -0.2) is 9.79 Å². The molecule has 0 saturated heterocycles. The van der Waals surface area contributed by atoms with E-state index in [4.69, 9.17) is 9.47 Å². The third kappa shape index (κ3) is 3.61. The molecule has 3 rings (SSSR count). The van der Waals surface area contributed by atoms with Gasteiger partial charge in [-0.3, -0.25) is 10.1 Å². The number of hydrogen-bond acceptors (Lipinski definition) is 6. The van der Waals surface area contributed by atoms with Crippen molar-refractivity contribution in [3.63, 3.8) is 0 Å². The summed E-state index contributed by atoms with van der Waals surface area (Å²) in [6, 6.07) is 11.8. The van der Waals surface area contributed by atoms with Crippen molar-refractivity contribution >= 4 is 23.6 Å². The number of aryl methyl sites for hydroxylation is 1. The molecular weight excluding hydrogens is 336 g/mol. The largest absolute Gasteiger partial charge is 0.494 e. The number of carbonyl (C=O) groups excluding carboxylic acids is 1. The molecule has 0 spiro atoms. The Hall–Kier alpha value is -3.48. The van der Waals surface area contributed by atoms with Gasteiger partial charge in [0.15, 0.2) is 5.70 Å². The van der Waals surface area contributed by atoms with Crippen molar-refractivity contribution in [2.24, 2.45) is 4.99 Å². The van der Waals surface area contributed by atoms with Crippen LogP contribution in [0, 0.1) is 17.0 Å². The topological polar surface area (TPSA) is 91.0 Å². The number of esters is 1. The molecule has 26 heavy (non-hydrogen) atoms. The Balaban J connectivity index is 1.89. The maximum absolute atomic E-state index is 12.1. The minimum Gasteiger partial charge on any atom is -0.494 e. The molecule has 132 valence electrons. The third-order valence-electron chi connectivity index (χ3n) is 3.77. The molecule has 0 aromatic heterocycles. The highest BCUT2D eigenvalue weighted by Crippen LogP contribution is 2.24. The van der Waals surface area contributed by atoms with Crippen LogP contribution in [0.5, 0.6) is 5.75 Å². The number of hydrogen-bond donors (Lipinski definition) is 0. The normalized spacial score (nSPS) is 14.9. The molecule has 7 heteroatoms. The zero-order chi connectivity index (χ0) is 18.7. The van der Waals surface area contributed by atoms with Gasteiger partial charge in [-0.15, -0.1) is 0 Å². The van der Waals surface area contributed by atoms with Crippen molar-refractivity contribution in [3.8, 4) is 5.75 Å². The van der Waals surface area contributed by atoms with E-state index in [2.05, 4.69) is 4.99 Å². The number of cyclic esters (lactones) is 1. The number of aliphatic imine (C=N–C) groups is 1. The Morgan fingerprint density at radius 2 is 1.96 bits per heavy atom. The van der Waals surface area contributed by atoms with Gasteiger partial charge in [0.05, 0.1) is 11.5 Å². The molecule has 0 bridgehead atoms. The van der Waals surface area contributed by atoms with E-state index in [0.29, 0.717) is 17.7 Å². The predicted molar refractivity (Wildman–Crippen MR) is 96.1 cm³/mol. The Morgan fingerprint density at radius 1 is 1.23 bits per heavy atom. The zero-order valence-electron chi connectivity index (χ0n) is 14.3. The second-order valence-electron chi connectivity index (χ2n) is 5.60. The standard InChI is InChI=1S/C19H16N2O5/c1-3-25-15-8-5-13(6-9-15)10-16-19(22)26-18(20-16)14-7-4-12(2)17(11-14)21(23)24/h4-11H,3H2,1-2H3/b16-10-. The molecule has 0 amide bonds. The van der Waals surface area contributed by atoms with E-state index in [0.717, 1.165) is 11.3 Å². The van der Waals surface area contributed by atoms with Gasteiger partial charge in [-0.05, 0) is 43.7 Å². The van der Waals surface area contributed by atoms with Crippen molar-refractivity contribution < 1.29 is 19.2 Å². The number of ether oxygens (including phenoxy) is 2. The van der Waals surface area contributed by atoms with Crippen LogP contribution in [0.4, 0.5) is 5.69 Å². The van der Waals surface area contributed by atoms with Gasteiger partial charge in [0.25, 0.3) is 5.69 Å². The lowest BCUT2D eigenvalue weighted by atomic mass is 10.1. The number of nitro groups is 1. The van der Waals surface area contributed by atoms with Crippen LogP contribution in [0.15, 0.2) is 53.2 Å². The highest BCUT2D eigenvalue weighted by atomic mass is 16.6. The lowest BCUT2D eigenvalue weighted by Gasteiger charge is -2.02. The zero-order valence-corrected chi connectivity index (χ0v) is 14.3. The van der Waals surface area contributed by atoms with Gasteiger partial charge in [0.2, 0.25) is 5.90 Å². The van der Waals surface area contributed by atoms with Gasteiger partial charge in [-0.1, -0.05) is 18.2 Å². The van der Waals surface area contributed by atoms with E-state index >= 15 is 0 Å². The molecule has 1 aliphatic heterocycles. The molecule has 2 aromatic carbocycles. The van der Waals surface area contributed by atoms with Gasteiger partial charge < -0.3 is 9.47 Å². The van der Waals surface area contributed by atoms with Crippen LogP contribution in [-0.4, -0.2) is 23.4 Å². The van der Waals surface area contributed by atoms with Gasteiger partial charge in [-0.2, -0.15) is 0 Å². The third-order valence-corrected chi connectivity index (χ3v) is 3.77. The van der Waals surface area contributed by atoms with Crippen LogP contribution < -0.4 is 4.74 Å². The summed E-state index contributed by atoms with van der Waals surface area (Å²) in [7, 11) is 0. The molecule has 0 fully saturated rings. The molecule has 1 heterocycles. The van der Waals surface area contributed by atoms with Crippen LogP contribution in [-0.2, 0) is 9.53 Å². The maximum atomic E-state index is 12.1. The first kappa shape index (κ1) is 17.3. The van der Waals surface area contributed by atoms with Crippen LogP contribution in [0.25, 0.3) is 6.08 Å². The first-order valence-electron chi connectivity index (χ1n) is 7.98. The maximum Gasteiger partial charge on any atom is 0.363 e. The number of nitrogens with zero attached hydrogens (tertiary/aromatic N) is 2. The average molecular weight is 352 g/mol. The summed E-state index contributed by atoms with van der Waals surface area (Å²) in [5, 5.41) is 11.1. The highest BCUT2D eigenvalue weighted by Gasteiger charge is 2.25. The minimum atomic E-state index is -0.600. The lowest BCUT2D eigenvalue weighted by molar-refractivity contribution is -0.385. The summed E-state index contributed by atoms with van der Waals surface area (Å²) in [5.41, 5.74) is 1.75. The van der Waals surface area contributed by atoms with Crippen molar-refractivity contribution in [1.82, 2.24) is 0 Å². The molecule has 0 aliphatic carbocycles. The van der Waals surface area contributed by atoms with Crippen molar-refractivity contribution in [1.29, 1.82) is 0 Å². The van der Waals surface area contributed by atoms with E-state index in [-0.39, 0.29) is 17.3 Å². The summed E-state index contributed by atoms with van der Waals surface area (Å²) in [6.45, 7) is 4.11. The minimum absolute atomic E-state index is 0.0507. The Kier molecular flexibility index (Phi) is 4.79. The SMILES string of the molecule is CCOc1ccc(/C=C2\N=C(c3ccc(C)c([N+](=O)[O-])c3)OC2=O)cc1. The second-order valence-corrected chi connectivity index (χ2v) is 5.60. The van der Waals surface area contributed by atoms with Gasteiger partial charge in [0, 0.05) is 17.2 Å². The van der Waals surface area contributed by atoms with Crippen molar-refractivity contribution in [2.45, 2.75) is 13.8 Å². The molecule has 7 nitrogen and oxygen atoms in total. The monoisotopic (exact) mass is 352 g/mol. The van der Waals surface area contributed by atoms with E-state index in [1.165, 1.54) is 6.07 Å².